The Kier molecular flexibility index (Phi) is 11.5. The van der Waals surface area contributed by atoms with E-state index >= 15 is 0 Å². The normalized spacial score (nSPS) is 34.7. The molecule has 5 heteroatoms. The predicted octanol–water partition coefficient (Wildman–Crippen LogP) is 5.35. The molecule has 4 rings (SSSR count). The molecule has 6 unspecified atom stereocenters. The lowest BCUT2D eigenvalue weighted by molar-refractivity contribution is 0.0486. The van der Waals surface area contributed by atoms with Crippen molar-refractivity contribution in [3.8, 4) is 0 Å². The largest absolute Gasteiger partial charge is 0.379 e. The molecule has 0 spiro atoms. The molecule has 0 N–H and O–H groups in total. The number of fused-ring (bicyclic) bond motifs is 1. The van der Waals surface area contributed by atoms with Crippen molar-refractivity contribution < 1.29 is 23.7 Å². The molecule has 0 aromatic carbocycles. The molecule has 0 aromatic heterocycles. The van der Waals surface area contributed by atoms with Gasteiger partial charge in [0, 0.05) is 13.2 Å². The molecule has 6 atom stereocenters. The molecule has 5 nitrogen and oxygen atoms in total. The van der Waals surface area contributed by atoms with Gasteiger partial charge in [0.1, 0.15) is 12.7 Å². The van der Waals surface area contributed by atoms with E-state index in [1.165, 1.54) is 44.9 Å². The van der Waals surface area contributed by atoms with Gasteiger partial charge < -0.3 is 23.7 Å². The summed E-state index contributed by atoms with van der Waals surface area (Å²) in [6.45, 7) is 15.5. The summed E-state index contributed by atoms with van der Waals surface area (Å²) >= 11 is 0. The van der Waals surface area contributed by atoms with Gasteiger partial charge in [-0.15, -0.1) is 0 Å². The molecular formula is C24H46O5. The third kappa shape index (κ3) is 10.6. The first-order chi connectivity index (χ1) is 14.0. The van der Waals surface area contributed by atoms with E-state index in [2.05, 4.69) is 34.6 Å². The van der Waals surface area contributed by atoms with Crippen LogP contribution in [0.15, 0.2) is 0 Å². The first-order valence-electron chi connectivity index (χ1n) is 12.1. The summed E-state index contributed by atoms with van der Waals surface area (Å²) in [4.78, 5) is 0. The molecular weight excluding hydrogens is 368 g/mol. The molecule has 3 heterocycles. The Hall–Kier alpha value is -0.200. The minimum atomic E-state index is 0.154. The molecule has 1 aliphatic carbocycles. The fourth-order valence-corrected chi connectivity index (χ4v) is 3.64. The molecule has 0 amide bonds. The van der Waals surface area contributed by atoms with Gasteiger partial charge in [-0.25, -0.2) is 0 Å². The quantitative estimate of drug-likeness (QED) is 0.337. The van der Waals surface area contributed by atoms with Crippen LogP contribution in [-0.2, 0) is 23.7 Å². The van der Waals surface area contributed by atoms with E-state index in [0.717, 1.165) is 51.3 Å². The van der Waals surface area contributed by atoms with Crippen LogP contribution < -0.4 is 0 Å². The highest BCUT2D eigenvalue weighted by molar-refractivity contribution is 5.03. The van der Waals surface area contributed by atoms with Gasteiger partial charge in [0.2, 0.25) is 0 Å². The highest BCUT2D eigenvalue weighted by Crippen LogP contribution is 2.50. The lowest BCUT2D eigenvalue weighted by Crippen LogP contribution is -2.24. The van der Waals surface area contributed by atoms with E-state index in [9.17, 15) is 0 Å². The zero-order chi connectivity index (χ0) is 21.1. The molecule has 0 aromatic rings. The van der Waals surface area contributed by atoms with Gasteiger partial charge in [-0.05, 0) is 50.9 Å². The Morgan fingerprint density at radius 3 is 2.28 bits per heavy atom. The van der Waals surface area contributed by atoms with Crippen LogP contribution in [0.2, 0.25) is 0 Å². The number of hydrogen-bond acceptors (Lipinski definition) is 5. The summed E-state index contributed by atoms with van der Waals surface area (Å²) in [5, 5.41) is 0. The average molecular weight is 415 g/mol. The number of rotatable bonds is 11. The summed E-state index contributed by atoms with van der Waals surface area (Å²) in [7, 11) is 0. The second kappa shape index (κ2) is 13.3. The van der Waals surface area contributed by atoms with Crippen LogP contribution in [-0.4, -0.2) is 57.1 Å². The first-order valence-corrected chi connectivity index (χ1v) is 12.1. The number of hydrogen-bond donors (Lipinski definition) is 0. The van der Waals surface area contributed by atoms with E-state index in [1.54, 1.807) is 0 Å². The Labute approximate surface area is 179 Å². The second-order valence-corrected chi connectivity index (χ2v) is 9.21. The van der Waals surface area contributed by atoms with Crippen LogP contribution in [0, 0.1) is 11.8 Å². The van der Waals surface area contributed by atoms with E-state index in [1.807, 2.05) is 0 Å². The summed E-state index contributed by atoms with van der Waals surface area (Å²) in [5.74, 6) is 1.84. The van der Waals surface area contributed by atoms with Crippen LogP contribution in [0.25, 0.3) is 0 Å². The molecule has 29 heavy (non-hydrogen) atoms. The fraction of sp³-hybridized carbons (Fsp3) is 1.00. The van der Waals surface area contributed by atoms with Gasteiger partial charge in [-0.3, -0.25) is 0 Å². The van der Waals surface area contributed by atoms with E-state index in [0.29, 0.717) is 17.8 Å². The van der Waals surface area contributed by atoms with Gasteiger partial charge in [0.15, 0.2) is 6.29 Å². The molecule has 3 aliphatic heterocycles. The Bertz CT molecular complexity index is 423. The molecule has 4 aliphatic rings. The van der Waals surface area contributed by atoms with Crippen molar-refractivity contribution in [2.45, 2.75) is 110 Å². The standard InChI is InChI=1S/C11H20O.C7H14O2.C6H12O2/c1-4-8(2)9-5-6-11(3)10(7-9)12-11;1-2-3-4-8-5-7-6-9-7;1-2-3-4-7-6-5-8-6/h8-10H,4-7H2,1-3H3;7H,2-6H2,1H3;6H,2-5H2,1H3. The number of epoxide rings is 3. The Morgan fingerprint density at radius 1 is 1.03 bits per heavy atom. The third-order valence-corrected chi connectivity index (χ3v) is 6.47. The molecule has 0 bridgehead atoms. The first kappa shape index (κ1) is 25.1. The highest BCUT2D eigenvalue weighted by atomic mass is 16.8. The predicted molar refractivity (Wildman–Crippen MR) is 116 cm³/mol. The average Bonchev–Trinajstić information content (AvgIpc) is 3.59. The summed E-state index contributed by atoms with van der Waals surface area (Å²) in [5.41, 5.74) is 0.309. The minimum Gasteiger partial charge on any atom is -0.379 e. The second-order valence-electron chi connectivity index (χ2n) is 9.21. The van der Waals surface area contributed by atoms with Crippen molar-refractivity contribution in [2.24, 2.45) is 11.8 Å². The number of unbranched alkanes of at least 4 members (excludes halogenated alkanes) is 2. The highest BCUT2D eigenvalue weighted by Gasteiger charge is 2.55. The fourth-order valence-electron chi connectivity index (χ4n) is 3.64. The number of ether oxygens (including phenoxy) is 5. The van der Waals surface area contributed by atoms with Gasteiger partial charge in [-0.2, -0.15) is 0 Å². The lowest BCUT2D eigenvalue weighted by Gasteiger charge is -2.26. The maximum Gasteiger partial charge on any atom is 0.181 e. The zero-order valence-electron chi connectivity index (χ0n) is 19.6. The van der Waals surface area contributed by atoms with Gasteiger partial charge in [0.05, 0.1) is 24.9 Å². The van der Waals surface area contributed by atoms with Crippen molar-refractivity contribution in [1.29, 1.82) is 0 Å². The lowest BCUT2D eigenvalue weighted by atomic mass is 9.76. The van der Waals surface area contributed by atoms with Crippen LogP contribution in [0.1, 0.15) is 86.0 Å². The van der Waals surface area contributed by atoms with Crippen LogP contribution in [0.3, 0.4) is 0 Å². The maximum absolute atomic E-state index is 5.69. The van der Waals surface area contributed by atoms with Crippen LogP contribution >= 0.6 is 0 Å². The Morgan fingerprint density at radius 2 is 1.72 bits per heavy atom. The monoisotopic (exact) mass is 414 g/mol. The summed E-state index contributed by atoms with van der Waals surface area (Å²) in [6, 6.07) is 0. The van der Waals surface area contributed by atoms with Crippen molar-refractivity contribution in [1.82, 2.24) is 0 Å². The van der Waals surface area contributed by atoms with E-state index in [-0.39, 0.29) is 6.29 Å². The summed E-state index contributed by atoms with van der Waals surface area (Å²) < 4.78 is 25.9. The molecule has 4 fully saturated rings. The zero-order valence-corrected chi connectivity index (χ0v) is 19.6. The van der Waals surface area contributed by atoms with Crippen molar-refractivity contribution in [3.05, 3.63) is 0 Å². The smallest absolute Gasteiger partial charge is 0.181 e. The van der Waals surface area contributed by atoms with Crippen LogP contribution in [0.4, 0.5) is 0 Å². The van der Waals surface area contributed by atoms with E-state index < -0.39 is 0 Å². The molecule has 1 saturated carbocycles. The molecule has 3 saturated heterocycles. The maximum atomic E-state index is 5.69. The van der Waals surface area contributed by atoms with Crippen molar-refractivity contribution in [3.63, 3.8) is 0 Å². The third-order valence-electron chi connectivity index (χ3n) is 6.47. The SMILES string of the molecule is CCC(C)C1CCC2(C)OC2C1.CCCCOC1CO1.CCCCOCC1CO1. The Balaban J connectivity index is 0.000000160. The summed E-state index contributed by atoms with van der Waals surface area (Å²) in [6.07, 6.45) is 11.3. The molecule has 0 radical (unpaired) electrons. The van der Waals surface area contributed by atoms with Gasteiger partial charge >= 0.3 is 0 Å². The van der Waals surface area contributed by atoms with Gasteiger partial charge in [-0.1, -0.05) is 47.0 Å². The van der Waals surface area contributed by atoms with Crippen LogP contribution in [0.5, 0.6) is 0 Å². The molecule has 172 valence electrons. The van der Waals surface area contributed by atoms with Crippen molar-refractivity contribution >= 4 is 0 Å². The van der Waals surface area contributed by atoms with E-state index in [4.69, 9.17) is 23.7 Å². The topological polar surface area (TPSA) is 56.0 Å². The van der Waals surface area contributed by atoms with Gasteiger partial charge in [0.25, 0.3) is 0 Å². The minimum absolute atomic E-state index is 0.154. The van der Waals surface area contributed by atoms with Crippen molar-refractivity contribution in [2.75, 3.05) is 33.0 Å².